The first kappa shape index (κ1) is 15.5. The molecular formula is C12H17NO5S. The maximum Gasteiger partial charge on any atom is 0.349 e. The lowest BCUT2D eigenvalue weighted by Crippen LogP contribution is -2.38. The van der Waals surface area contributed by atoms with Gasteiger partial charge in [-0.05, 0) is 19.9 Å². The summed E-state index contributed by atoms with van der Waals surface area (Å²) in [4.78, 5) is 23.6. The van der Waals surface area contributed by atoms with Crippen LogP contribution < -0.4 is 10.1 Å². The van der Waals surface area contributed by atoms with Gasteiger partial charge in [-0.25, -0.2) is 4.79 Å². The number of carboxylic acids is 1. The second-order valence-corrected chi connectivity index (χ2v) is 5.16. The van der Waals surface area contributed by atoms with E-state index in [2.05, 4.69) is 5.32 Å². The monoisotopic (exact) mass is 287 g/mol. The van der Waals surface area contributed by atoms with E-state index in [0.717, 1.165) is 16.2 Å². The highest BCUT2D eigenvalue weighted by atomic mass is 32.1. The molecule has 0 aliphatic carbocycles. The van der Waals surface area contributed by atoms with Gasteiger partial charge in [-0.1, -0.05) is 0 Å². The Balaban J connectivity index is 2.63. The molecule has 1 amide bonds. The summed E-state index contributed by atoms with van der Waals surface area (Å²) in [6, 6.07) is 1.62. The van der Waals surface area contributed by atoms with Gasteiger partial charge in [0.15, 0.2) is 11.0 Å². The van der Waals surface area contributed by atoms with Crippen molar-refractivity contribution in [2.75, 3.05) is 20.3 Å². The highest BCUT2D eigenvalue weighted by Crippen LogP contribution is 2.29. The number of methoxy groups -OCH3 is 1. The molecule has 1 atom stereocenters. The van der Waals surface area contributed by atoms with Gasteiger partial charge in [0, 0.05) is 18.5 Å². The maximum absolute atomic E-state index is 11.7. The third-order valence-electron chi connectivity index (χ3n) is 2.29. The summed E-state index contributed by atoms with van der Waals surface area (Å²) in [6.07, 6.45) is -0.760. The summed E-state index contributed by atoms with van der Waals surface area (Å²) in [6.45, 7) is 4.15. The van der Waals surface area contributed by atoms with Crippen molar-refractivity contribution in [1.29, 1.82) is 0 Å². The fourth-order valence-corrected chi connectivity index (χ4v) is 2.17. The summed E-state index contributed by atoms with van der Waals surface area (Å²) < 4.78 is 10.2. The number of hydrogen-bond acceptors (Lipinski definition) is 5. The van der Waals surface area contributed by atoms with Crippen LogP contribution in [0.5, 0.6) is 5.75 Å². The summed E-state index contributed by atoms with van der Waals surface area (Å²) in [5, 5.41) is 11.6. The Hall–Kier alpha value is -1.60. The number of carboxylic acid groups (broad SMARTS) is 1. The van der Waals surface area contributed by atoms with Crippen molar-refractivity contribution < 1.29 is 24.2 Å². The van der Waals surface area contributed by atoms with E-state index in [1.54, 1.807) is 27.0 Å². The normalized spacial score (nSPS) is 11.9. The average molecular weight is 287 g/mol. The fraction of sp³-hybridized carbons (Fsp3) is 0.500. The van der Waals surface area contributed by atoms with Crippen LogP contribution in [0.4, 0.5) is 0 Å². The lowest BCUT2D eigenvalue weighted by atomic mass is 10.3. The number of aryl methyl sites for hydroxylation is 1. The largest absolute Gasteiger partial charge is 0.479 e. The van der Waals surface area contributed by atoms with E-state index in [-0.39, 0.29) is 16.5 Å². The van der Waals surface area contributed by atoms with Crippen LogP contribution in [0.2, 0.25) is 0 Å². The van der Waals surface area contributed by atoms with Gasteiger partial charge in [0.05, 0.1) is 6.61 Å². The van der Waals surface area contributed by atoms with E-state index in [1.807, 2.05) is 0 Å². The fourth-order valence-electron chi connectivity index (χ4n) is 1.39. The molecule has 0 bridgehead atoms. The number of carbonyl (C=O) groups is 2. The number of aromatic carboxylic acids is 1. The molecule has 0 fully saturated rings. The van der Waals surface area contributed by atoms with E-state index in [1.165, 1.54) is 0 Å². The molecule has 0 aliphatic heterocycles. The zero-order valence-electron chi connectivity index (χ0n) is 11.1. The summed E-state index contributed by atoms with van der Waals surface area (Å²) in [5.41, 5.74) is 0. The van der Waals surface area contributed by atoms with Gasteiger partial charge in [0.1, 0.15) is 5.75 Å². The Bertz CT molecular complexity index is 457. The quantitative estimate of drug-likeness (QED) is 0.738. The van der Waals surface area contributed by atoms with Crippen molar-refractivity contribution in [3.63, 3.8) is 0 Å². The molecule has 2 N–H and O–H groups in total. The van der Waals surface area contributed by atoms with Crippen molar-refractivity contribution in [3.8, 4) is 5.75 Å². The molecule has 0 saturated heterocycles. The maximum atomic E-state index is 11.7. The molecule has 7 heteroatoms. The smallest absolute Gasteiger partial charge is 0.349 e. The Labute approximate surface area is 115 Å². The lowest BCUT2D eigenvalue weighted by molar-refractivity contribution is -0.127. The molecule has 6 nitrogen and oxygen atoms in total. The predicted molar refractivity (Wildman–Crippen MR) is 71.0 cm³/mol. The van der Waals surface area contributed by atoms with E-state index < -0.39 is 12.1 Å². The number of thiophene rings is 1. The molecule has 106 valence electrons. The summed E-state index contributed by atoms with van der Waals surface area (Å²) in [7, 11) is 1.54. The van der Waals surface area contributed by atoms with Crippen LogP contribution in [-0.2, 0) is 9.53 Å². The lowest BCUT2D eigenvalue weighted by Gasteiger charge is -2.14. The highest BCUT2D eigenvalue weighted by molar-refractivity contribution is 7.14. The van der Waals surface area contributed by atoms with Gasteiger partial charge in [0.25, 0.3) is 5.91 Å². The van der Waals surface area contributed by atoms with E-state index in [4.69, 9.17) is 14.6 Å². The molecule has 0 aliphatic rings. The minimum absolute atomic E-state index is 0.106. The minimum atomic E-state index is -1.06. The molecule has 1 aromatic rings. The third-order valence-corrected chi connectivity index (χ3v) is 3.31. The zero-order chi connectivity index (χ0) is 14.4. The standard InChI is InChI=1S/C12H17NO5S/c1-7-6-9(10(19-7)12(15)16)18-8(2)11(14)13-4-5-17-3/h6,8H,4-5H2,1-3H3,(H,13,14)(H,15,16). The molecule has 1 aromatic heterocycles. The van der Waals surface area contributed by atoms with Crippen LogP contribution in [0.25, 0.3) is 0 Å². The van der Waals surface area contributed by atoms with Gasteiger partial charge < -0.3 is 19.9 Å². The first-order valence-electron chi connectivity index (χ1n) is 5.72. The molecule has 0 radical (unpaired) electrons. The van der Waals surface area contributed by atoms with Crippen LogP contribution in [0.15, 0.2) is 6.07 Å². The Kier molecular flexibility index (Phi) is 5.78. The molecule has 1 unspecified atom stereocenters. The van der Waals surface area contributed by atoms with Crippen molar-refractivity contribution in [2.24, 2.45) is 0 Å². The van der Waals surface area contributed by atoms with Gasteiger partial charge in [-0.3, -0.25) is 4.79 Å². The van der Waals surface area contributed by atoms with Crippen LogP contribution in [-0.4, -0.2) is 43.3 Å². The van der Waals surface area contributed by atoms with E-state index >= 15 is 0 Å². The highest BCUT2D eigenvalue weighted by Gasteiger charge is 2.20. The van der Waals surface area contributed by atoms with Gasteiger partial charge in [-0.15, -0.1) is 11.3 Å². The topological polar surface area (TPSA) is 84.9 Å². The predicted octanol–water partition coefficient (Wildman–Crippen LogP) is 1.28. The third kappa shape index (κ3) is 4.53. The Morgan fingerprint density at radius 2 is 2.21 bits per heavy atom. The number of nitrogens with one attached hydrogen (secondary N) is 1. The van der Waals surface area contributed by atoms with Crippen LogP contribution in [0, 0.1) is 6.92 Å². The van der Waals surface area contributed by atoms with Crippen LogP contribution in [0.3, 0.4) is 0 Å². The Morgan fingerprint density at radius 3 is 2.79 bits per heavy atom. The number of ether oxygens (including phenoxy) is 2. The summed E-state index contributed by atoms with van der Waals surface area (Å²) in [5.74, 6) is -1.14. The number of carbonyl (C=O) groups excluding carboxylic acids is 1. The average Bonchev–Trinajstić information content (AvgIpc) is 2.70. The van der Waals surface area contributed by atoms with Gasteiger partial charge >= 0.3 is 5.97 Å². The second-order valence-electron chi connectivity index (χ2n) is 3.90. The number of hydrogen-bond donors (Lipinski definition) is 2. The molecule has 1 rings (SSSR count). The molecule has 0 spiro atoms. The molecule has 0 saturated carbocycles. The van der Waals surface area contributed by atoms with Gasteiger partial charge in [0.2, 0.25) is 0 Å². The van der Waals surface area contributed by atoms with Crippen LogP contribution in [0.1, 0.15) is 21.5 Å². The van der Waals surface area contributed by atoms with Crippen molar-refractivity contribution in [2.45, 2.75) is 20.0 Å². The molecule has 0 aromatic carbocycles. The van der Waals surface area contributed by atoms with Gasteiger partial charge in [-0.2, -0.15) is 0 Å². The van der Waals surface area contributed by atoms with Crippen molar-refractivity contribution in [1.82, 2.24) is 5.32 Å². The number of amides is 1. The van der Waals surface area contributed by atoms with Crippen molar-refractivity contribution >= 4 is 23.2 Å². The number of rotatable bonds is 7. The molecule has 1 heterocycles. The minimum Gasteiger partial charge on any atom is -0.479 e. The molecule has 19 heavy (non-hydrogen) atoms. The Morgan fingerprint density at radius 1 is 1.53 bits per heavy atom. The van der Waals surface area contributed by atoms with E-state index in [9.17, 15) is 9.59 Å². The SMILES string of the molecule is COCCNC(=O)C(C)Oc1cc(C)sc1C(=O)O. The second kappa shape index (κ2) is 7.10. The molecular weight excluding hydrogens is 270 g/mol. The summed E-state index contributed by atoms with van der Waals surface area (Å²) >= 11 is 1.12. The zero-order valence-corrected chi connectivity index (χ0v) is 11.9. The first-order chi connectivity index (χ1) is 8.95. The van der Waals surface area contributed by atoms with E-state index in [0.29, 0.717) is 13.2 Å². The first-order valence-corrected chi connectivity index (χ1v) is 6.54. The van der Waals surface area contributed by atoms with Crippen LogP contribution >= 0.6 is 11.3 Å². The van der Waals surface area contributed by atoms with Crippen molar-refractivity contribution in [3.05, 3.63) is 15.8 Å².